The van der Waals surface area contributed by atoms with Crippen LogP contribution < -0.4 is 0 Å². The third kappa shape index (κ3) is 3.63. The summed E-state index contributed by atoms with van der Waals surface area (Å²) >= 11 is 0. The minimum Gasteiger partial charge on any atom is -0.378 e. The topological polar surface area (TPSA) is 27.1 Å². The van der Waals surface area contributed by atoms with Crippen LogP contribution in [0.5, 0.6) is 0 Å². The molecule has 0 saturated carbocycles. The largest absolute Gasteiger partial charge is 0.378 e. The van der Waals surface area contributed by atoms with Gasteiger partial charge in [0.25, 0.3) is 0 Å². The summed E-state index contributed by atoms with van der Waals surface area (Å²) in [5.74, 6) is 0.701. The fourth-order valence-electron chi connectivity index (χ4n) is 3.43. The number of hydrogen-bond acceptors (Lipinski definition) is 2. The number of nitrogens with zero attached hydrogens (tertiary/aromatic N) is 2. The van der Waals surface area contributed by atoms with E-state index in [4.69, 9.17) is 9.84 Å². The summed E-state index contributed by atoms with van der Waals surface area (Å²) in [7, 11) is 1.79. The number of methoxy groups -OCH3 is 1. The maximum absolute atomic E-state index is 5.46. The smallest absolute Gasteiger partial charge is 0.0884 e. The van der Waals surface area contributed by atoms with Gasteiger partial charge in [-0.1, -0.05) is 26.7 Å². The molecule has 1 atom stereocenters. The van der Waals surface area contributed by atoms with Crippen molar-refractivity contribution in [2.24, 2.45) is 5.92 Å². The summed E-state index contributed by atoms with van der Waals surface area (Å²) in [6.07, 6.45) is 8.81. The molecule has 2 rings (SSSR count). The van der Waals surface area contributed by atoms with E-state index in [1.54, 1.807) is 7.11 Å². The predicted molar refractivity (Wildman–Crippen MR) is 83.0 cm³/mol. The van der Waals surface area contributed by atoms with Gasteiger partial charge >= 0.3 is 0 Å². The van der Waals surface area contributed by atoms with E-state index in [2.05, 4.69) is 25.5 Å². The summed E-state index contributed by atoms with van der Waals surface area (Å²) < 4.78 is 7.72. The number of ether oxygens (including phenoxy) is 1. The normalized spacial score (nSPS) is 17.6. The van der Waals surface area contributed by atoms with Gasteiger partial charge in [-0.2, -0.15) is 5.10 Å². The number of fused-ring (bicyclic) bond motifs is 1. The average molecular weight is 278 g/mol. The Labute approximate surface area is 123 Å². The Kier molecular flexibility index (Phi) is 5.64. The Hall–Kier alpha value is -0.830. The highest BCUT2D eigenvalue weighted by Gasteiger charge is 2.21. The molecule has 0 radical (unpaired) electrons. The quantitative estimate of drug-likeness (QED) is 0.803. The molecule has 1 unspecified atom stereocenters. The number of aromatic nitrogens is 2. The van der Waals surface area contributed by atoms with Crippen molar-refractivity contribution in [3.8, 4) is 0 Å². The summed E-state index contributed by atoms with van der Waals surface area (Å²) in [6, 6.07) is 0.466. The Morgan fingerprint density at radius 1 is 1.10 bits per heavy atom. The first-order valence-electron chi connectivity index (χ1n) is 8.21. The van der Waals surface area contributed by atoms with Crippen molar-refractivity contribution in [2.75, 3.05) is 7.11 Å². The lowest BCUT2D eigenvalue weighted by atomic mass is 9.97. The Balaban J connectivity index is 2.32. The van der Waals surface area contributed by atoms with Crippen molar-refractivity contribution in [1.82, 2.24) is 9.78 Å². The van der Waals surface area contributed by atoms with Crippen LogP contribution in [0.3, 0.4) is 0 Å². The summed E-state index contributed by atoms with van der Waals surface area (Å²) in [5, 5.41) is 4.96. The molecule has 0 saturated heterocycles. The molecule has 1 aromatic rings. The third-order valence-corrected chi connectivity index (χ3v) is 4.30. The van der Waals surface area contributed by atoms with Gasteiger partial charge in [0, 0.05) is 13.2 Å². The van der Waals surface area contributed by atoms with Gasteiger partial charge in [-0.05, 0) is 50.5 Å². The van der Waals surface area contributed by atoms with Crippen molar-refractivity contribution in [1.29, 1.82) is 0 Å². The molecule has 1 aliphatic carbocycles. The van der Waals surface area contributed by atoms with Crippen LogP contribution in [-0.4, -0.2) is 16.9 Å². The fourth-order valence-corrected chi connectivity index (χ4v) is 3.43. The number of hydrogen-bond donors (Lipinski definition) is 0. The SMILES string of the molecule is COCc1c2c(nn1C(C)CC(C)C)CCCCCC2. The van der Waals surface area contributed by atoms with Gasteiger partial charge in [-0.3, -0.25) is 4.68 Å². The lowest BCUT2D eigenvalue weighted by Gasteiger charge is -2.18. The number of aryl methyl sites for hydroxylation is 1. The highest BCUT2D eigenvalue weighted by Crippen LogP contribution is 2.27. The lowest BCUT2D eigenvalue weighted by Crippen LogP contribution is -2.14. The minimum atomic E-state index is 0.466. The minimum absolute atomic E-state index is 0.466. The highest BCUT2D eigenvalue weighted by atomic mass is 16.5. The van der Waals surface area contributed by atoms with E-state index in [9.17, 15) is 0 Å². The lowest BCUT2D eigenvalue weighted by molar-refractivity contribution is 0.172. The first-order valence-corrected chi connectivity index (χ1v) is 8.21. The standard InChI is InChI=1S/C17H30N2O/c1-13(2)11-14(3)19-17(12-20-4)15-9-7-5-6-8-10-16(15)18-19/h13-14H,5-12H2,1-4H3. The highest BCUT2D eigenvalue weighted by molar-refractivity contribution is 5.27. The summed E-state index contributed by atoms with van der Waals surface area (Å²) in [6.45, 7) is 7.56. The van der Waals surface area contributed by atoms with E-state index >= 15 is 0 Å². The molecular formula is C17H30N2O. The van der Waals surface area contributed by atoms with Crippen LogP contribution in [0.4, 0.5) is 0 Å². The fraction of sp³-hybridized carbons (Fsp3) is 0.824. The van der Waals surface area contributed by atoms with E-state index in [1.807, 2.05) is 0 Å². The summed E-state index contributed by atoms with van der Waals surface area (Å²) in [5.41, 5.74) is 4.16. The van der Waals surface area contributed by atoms with Gasteiger partial charge in [0.1, 0.15) is 0 Å². The van der Waals surface area contributed by atoms with Gasteiger partial charge < -0.3 is 4.74 Å². The van der Waals surface area contributed by atoms with E-state index in [1.165, 1.54) is 55.5 Å². The van der Waals surface area contributed by atoms with Crippen LogP contribution in [-0.2, 0) is 24.2 Å². The molecule has 3 heteroatoms. The average Bonchev–Trinajstić information content (AvgIpc) is 2.66. The van der Waals surface area contributed by atoms with Gasteiger partial charge in [-0.15, -0.1) is 0 Å². The Morgan fingerprint density at radius 3 is 2.45 bits per heavy atom. The van der Waals surface area contributed by atoms with Crippen LogP contribution in [0.25, 0.3) is 0 Å². The zero-order chi connectivity index (χ0) is 14.5. The van der Waals surface area contributed by atoms with Crippen molar-refractivity contribution in [3.05, 3.63) is 17.0 Å². The van der Waals surface area contributed by atoms with Crippen LogP contribution in [0, 0.1) is 5.92 Å². The predicted octanol–water partition coefficient (Wildman–Crippen LogP) is 4.30. The van der Waals surface area contributed by atoms with Gasteiger partial charge in [0.15, 0.2) is 0 Å². The molecule has 1 aliphatic rings. The van der Waals surface area contributed by atoms with Crippen LogP contribution in [0.15, 0.2) is 0 Å². The maximum atomic E-state index is 5.46. The van der Waals surface area contributed by atoms with Crippen LogP contribution in [0.2, 0.25) is 0 Å². The molecule has 1 heterocycles. The molecule has 0 bridgehead atoms. The van der Waals surface area contributed by atoms with Gasteiger partial charge in [-0.25, -0.2) is 0 Å². The molecular weight excluding hydrogens is 248 g/mol. The van der Waals surface area contributed by atoms with E-state index in [0.29, 0.717) is 18.6 Å². The van der Waals surface area contributed by atoms with Crippen molar-refractivity contribution in [2.45, 2.75) is 78.4 Å². The van der Waals surface area contributed by atoms with Crippen LogP contribution >= 0.6 is 0 Å². The first-order chi connectivity index (χ1) is 9.63. The second-order valence-electron chi connectivity index (χ2n) is 6.64. The molecule has 0 aliphatic heterocycles. The molecule has 20 heavy (non-hydrogen) atoms. The molecule has 0 amide bonds. The molecule has 1 aromatic heterocycles. The molecule has 0 N–H and O–H groups in total. The zero-order valence-corrected chi connectivity index (χ0v) is 13.6. The molecule has 0 aromatic carbocycles. The van der Waals surface area contributed by atoms with Gasteiger partial charge in [0.05, 0.1) is 18.0 Å². The Morgan fingerprint density at radius 2 is 1.80 bits per heavy atom. The van der Waals surface area contributed by atoms with E-state index < -0.39 is 0 Å². The van der Waals surface area contributed by atoms with E-state index in [0.717, 1.165) is 6.42 Å². The van der Waals surface area contributed by atoms with Crippen molar-refractivity contribution < 1.29 is 4.74 Å². The molecule has 0 spiro atoms. The van der Waals surface area contributed by atoms with Crippen LogP contribution in [0.1, 0.15) is 75.9 Å². The maximum Gasteiger partial charge on any atom is 0.0884 e. The second kappa shape index (κ2) is 7.26. The van der Waals surface area contributed by atoms with Crippen molar-refractivity contribution in [3.63, 3.8) is 0 Å². The summed E-state index contributed by atoms with van der Waals surface area (Å²) in [4.78, 5) is 0. The third-order valence-electron chi connectivity index (χ3n) is 4.30. The molecule has 114 valence electrons. The molecule has 3 nitrogen and oxygen atoms in total. The van der Waals surface area contributed by atoms with Crippen molar-refractivity contribution >= 4 is 0 Å². The Bertz CT molecular complexity index is 423. The zero-order valence-electron chi connectivity index (χ0n) is 13.6. The van der Waals surface area contributed by atoms with Gasteiger partial charge in [0.2, 0.25) is 0 Å². The number of rotatable bonds is 5. The van der Waals surface area contributed by atoms with E-state index in [-0.39, 0.29) is 0 Å². The molecule has 0 fully saturated rings. The first kappa shape index (κ1) is 15.6. The monoisotopic (exact) mass is 278 g/mol. The second-order valence-corrected chi connectivity index (χ2v) is 6.64.